The third-order valence-electron chi connectivity index (χ3n) is 6.72. The molecule has 4 aromatic carbocycles. The van der Waals surface area contributed by atoms with Gasteiger partial charge >= 0.3 is 0 Å². The number of rotatable bonds is 12. The maximum Gasteiger partial charge on any atom is 0.251 e. The van der Waals surface area contributed by atoms with Crippen LogP contribution >= 0.6 is 15.9 Å². The second kappa shape index (κ2) is 12.7. The molecule has 0 saturated heterocycles. The monoisotopic (exact) mass is 569 g/mol. The van der Waals surface area contributed by atoms with Gasteiger partial charge in [-0.05, 0) is 61.0 Å². The number of imidazole rings is 1. The minimum atomic E-state index is -0.0289. The van der Waals surface area contributed by atoms with Crippen molar-refractivity contribution in [2.75, 3.05) is 13.2 Å². The Hall–Kier alpha value is -3.64. The second-order valence-corrected chi connectivity index (χ2v) is 10.3. The summed E-state index contributed by atoms with van der Waals surface area (Å²) < 4.78 is 9.44. The van der Waals surface area contributed by atoms with Crippen molar-refractivity contribution in [1.82, 2.24) is 14.9 Å². The summed E-state index contributed by atoms with van der Waals surface area (Å²) in [7, 11) is 0. The Morgan fingerprint density at radius 2 is 1.68 bits per heavy atom. The average molecular weight is 571 g/mol. The molecule has 0 spiro atoms. The molecule has 1 N–H and O–H groups in total. The van der Waals surface area contributed by atoms with E-state index < -0.39 is 0 Å². The summed E-state index contributed by atoms with van der Waals surface area (Å²) in [5.41, 5.74) is 2.89. The van der Waals surface area contributed by atoms with Gasteiger partial charge in [0.25, 0.3) is 5.91 Å². The lowest BCUT2D eigenvalue weighted by Gasteiger charge is -2.12. The zero-order valence-corrected chi connectivity index (χ0v) is 23.0. The molecule has 0 unspecified atom stereocenters. The van der Waals surface area contributed by atoms with E-state index in [0.717, 1.165) is 65.6 Å². The number of aryl methyl sites for hydroxylation is 2. The molecule has 0 radical (unpaired) electrons. The van der Waals surface area contributed by atoms with Crippen LogP contribution in [0.25, 0.3) is 21.8 Å². The van der Waals surface area contributed by atoms with Crippen LogP contribution in [-0.2, 0) is 13.0 Å². The fourth-order valence-corrected chi connectivity index (χ4v) is 5.21. The number of halogens is 1. The SMILES string of the molecule is O=C(NCCCCCc1nc2ccccc2n1CCCOc1cccc2ccccc12)c1cccc(Br)c1. The number of nitrogens with zero attached hydrogens (tertiary/aromatic N) is 2. The molecule has 5 aromatic rings. The van der Waals surface area contributed by atoms with Crippen LogP contribution < -0.4 is 10.1 Å². The smallest absolute Gasteiger partial charge is 0.251 e. The molecular formula is C32H32BrN3O2. The summed E-state index contributed by atoms with van der Waals surface area (Å²) in [5, 5.41) is 5.37. The molecule has 1 aromatic heterocycles. The quantitative estimate of drug-likeness (QED) is 0.158. The number of nitrogens with one attached hydrogen (secondary N) is 1. The van der Waals surface area contributed by atoms with Crippen LogP contribution in [0.2, 0.25) is 0 Å². The van der Waals surface area contributed by atoms with Gasteiger partial charge in [-0.3, -0.25) is 4.79 Å². The largest absolute Gasteiger partial charge is 0.493 e. The highest BCUT2D eigenvalue weighted by molar-refractivity contribution is 9.10. The van der Waals surface area contributed by atoms with Crippen molar-refractivity contribution in [1.29, 1.82) is 0 Å². The van der Waals surface area contributed by atoms with E-state index in [-0.39, 0.29) is 5.91 Å². The van der Waals surface area contributed by atoms with Crippen molar-refractivity contribution in [3.63, 3.8) is 0 Å². The van der Waals surface area contributed by atoms with Crippen LogP contribution in [0.4, 0.5) is 0 Å². The molecule has 1 heterocycles. The lowest BCUT2D eigenvalue weighted by atomic mass is 10.1. The van der Waals surface area contributed by atoms with Crippen molar-refractivity contribution in [2.24, 2.45) is 0 Å². The van der Waals surface area contributed by atoms with Crippen LogP contribution in [0.1, 0.15) is 41.9 Å². The number of amides is 1. The number of hydrogen-bond donors (Lipinski definition) is 1. The van der Waals surface area contributed by atoms with Crippen LogP contribution in [0.15, 0.2) is 95.5 Å². The number of fused-ring (bicyclic) bond motifs is 2. The molecule has 0 aliphatic rings. The van der Waals surface area contributed by atoms with Gasteiger partial charge in [0.15, 0.2) is 0 Å². The van der Waals surface area contributed by atoms with Crippen molar-refractivity contribution in [3.8, 4) is 5.75 Å². The molecule has 0 fully saturated rings. The van der Waals surface area contributed by atoms with Crippen molar-refractivity contribution >= 4 is 43.6 Å². The predicted octanol–water partition coefficient (Wildman–Crippen LogP) is 7.56. The van der Waals surface area contributed by atoms with Crippen LogP contribution in [0, 0.1) is 0 Å². The highest BCUT2D eigenvalue weighted by Gasteiger charge is 2.11. The van der Waals surface area contributed by atoms with E-state index in [1.165, 1.54) is 10.9 Å². The summed E-state index contributed by atoms with van der Waals surface area (Å²) >= 11 is 3.42. The number of para-hydroxylation sites is 2. The van der Waals surface area contributed by atoms with Gasteiger partial charge in [-0.2, -0.15) is 0 Å². The Morgan fingerprint density at radius 3 is 2.61 bits per heavy atom. The van der Waals surface area contributed by atoms with Crippen molar-refractivity contribution in [2.45, 2.75) is 38.6 Å². The van der Waals surface area contributed by atoms with Gasteiger partial charge in [-0.25, -0.2) is 4.98 Å². The van der Waals surface area contributed by atoms with Gasteiger partial charge in [0.2, 0.25) is 0 Å². The van der Waals surface area contributed by atoms with Crippen molar-refractivity contribution in [3.05, 3.63) is 107 Å². The minimum absolute atomic E-state index is 0.0289. The maximum absolute atomic E-state index is 12.3. The third-order valence-corrected chi connectivity index (χ3v) is 7.21. The second-order valence-electron chi connectivity index (χ2n) is 9.42. The van der Waals surface area contributed by atoms with E-state index in [1.807, 2.05) is 42.5 Å². The summed E-state index contributed by atoms with van der Waals surface area (Å²) in [6.45, 7) is 2.19. The van der Waals surface area contributed by atoms with E-state index in [9.17, 15) is 4.79 Å². The van der Waals surface area contributed by atoms with Gasteiger partial charge in [-0.15, -0.1) is 0 Å². The maximum atomic E-state index is 12.3. The van der Waals surface area contributed by atoms with E-state index in [2.05, 4.69) is 74.3 Å². The Balaban J connectivity index is 1.12. The summed E-state index contributed by atoms with van der Waals surface area (Å²) in [4.78, 5) is 17.3. The van der Waals surface area contributed by atoms with Gasteiger partial charge < -0.3 is 14.6 Å². The fourth-order valence-electron chi connectivity index (χ4n) is 4.81. The van der Waals surface area contributed by atoms with Gasteiger partial charge in [0.05, 0.1) is 17.6 Å². The lowest BCUT2D eigenvalue weighted by Crippen LogP contribution is -2.24. The molecule has 0 aliphatic carbocycles. The zero-order valence-electron chi connectivity index (χ0n) is 21.4. The average Bonchev–Trinajstić information content (AvgIpc) is 3.30. The van der Waals surface area contributed by atoms with E-state index in [0.29, 0.717) is 18.7 Å². The normalized spacial score (nSPS) is 11.2. The lowest BCUT2D eigenvalue weighted by molar-refractivity contribution is 0.0953. The minimum Gasteiger partial charge on any atom is -0.493 e. The first-order chi connectivity index (χ1) is 18.7. The number of benzene rings is 4. The summed E-state index contributed by atoms with van der Waals surface area (Å²) in [6.07, 6.45) is 4.82. The van der Waals surface area contributed by atoms with Gasteiger partial charge in [-0.1, -0.05) is 76.9 Å². The fraction of sp³-hybridized carbons (Fsp3) is 0.250. The van der Waals surface area contributed by atoms with Gasteiger partial charge in [0.1, 0.15) is 11.6 Å². The topological polar surface area (TPSA) is 56.2 Å². The highest BCUT2D eigenvalue weighted by Crippen LogP contribution is 2.25. The number of aromatic nitrogens is 2. The van der Waals surface area contributed by atoms with Crippen LogP contribution in [-0.4, -0.2) is 28.6 Å². The molecule has 0 atom stereocenters. The Labute approximate surface area is 232 Å². The molecule has 0 aliphatic heterocycles. The number of ether oxygens (including phenoxy) is 1. The first-order valence-corrected chi connectivity index (χ1v) is 14.1. The molecule has 0 bridgehead atoms. The Morgan fingerprint density at radius 1 is 0.868 bits per heavy atom. The van der Waals surface area contributed by atoms with Crippen LogP contribution in [0.3, 0.4) is 0 Å². The molecule has 38 heavy (non-hydrogen) atoms. The molecule has 1 amide bonds. The highest BCUT2D eigenvalue weighted by atomic mass is 79.9. The van der Waals surface area contributed by atoms with E-state index >= 15 is 0 Å². The molecular weight excluding hydrogens is 538 g/mol. The number of carbonyl (C=O) groups is 1. The standard InChI is InChI=1S/C32H32BrN3O2/c33-26-14-8-13-25(23-26)32(37)34-20-7-1-2-19-31-35-28-16-5-6-17-29(28)36(31)21-10-22-38-30-18-9-12-24-11-3-4-15-27(24)30/h3-6,8-9,11-18,23H,1-2,7,10,19-22H2,(H,34,37). The number of hydrogen-bond acceptors (Lipinski definition) is 3. The molecule has 5 nitrogen and oxygen atoms in total. The third kappa shape index (κ3) is 6.43. The first-order valence-electron chi connectivity index (χ1n) is 13.3. The van der Waals surface area contributed by atoms with Gasteiger partial charge in [0, 0.05) is 34.9 Å². The Bertz CT molecular complexity index is 1520. The predicted molar refractivity (Wildman–Crippen MR) is 158 cm³/mol. The van der Waals surface area contributed by atoms with Crippen LogP contribution in [0.5, 0.6) is 5.75 Å². The molecule has 5 rings (SSSR count). The van der Waals surface area contributed by atoms with Crippen molar-refractivity contribution < 1.29 is 9.53 Å². The Kier molecular flexibility index (Phi) is 8.71. The van der Waals surface area contributed by atoms with E-state index in [1.54, 1.807) is 0 Å². The first kappa shape index (κ1) is 26.0. The molecule has 194 valence electrons. The zero-order chi connectivity index (χ0) is 26.2. The number of carbonyl (C=O) groups excluding carboxylic acids is 1. The molecule has 6 heteroatoms. The summed E-state index contributed by atoms with van der Waals surface area (Å²) in [6, 6.07) is 30.3. The molecule has 0 saturated carbocycles. The van der Waals surface area contributed by atoms with E-state index in [4.69, 9.17) is 9.72 Å². The summed E-state index contributed by atoms with van der Waals surface area (Å²) in [5.74, 6) is 2.03. The number of unbranched alkanes of at least 4 members (excludes halogenated alkanes) is 2.